The van der Waals surface area contributed by atoms with Crippen LogP contribution in [0.4, 0.5) is 0 Å². The van der Waals surface area contributed by atoms with Crippen molar-refractivity contribution in [2.75, 3.05) is 0 Å². The molecule has 1 aromatic heterocycles. The summed E-state index contributed by atoms with van der Waals surface area (Å²) >= 11 is 0. The Morgan fingerprint density at radius 1 is 1.05 bits per heavy atom. The van der Waals surface area contributed by atoms with Crippen molar-refractivity contribution in [3.8, 4) is 0 Å². The molecule has 0 amide bonds. The predicted molar refractivity (Wildman–Crippen MR) is 77.9 cm³/mol. The molecule has 19 heavy (non-hydrogen) atoms. The molecule has 0 aliphatic rings. The summed E-state index contributed by atoms with van der Waals surface area (Å²) in [6.45, 7) is 3.35. The minimum Gasteiger partial charge on any atom is -0.325 e. The first-order valence-electron chi connectivity index (χ1n) is 6.48. The van der Waals surface area contributed by atoms with Gasteiger partial charge in [0.1, 0.15) is 0 Å². The van der Waals surface area contributed by atoms with Crippen LogP contribution < -0.4 is 5.73 Å². The third-order valence-electron chi connectivity index (χ3n) is 3.38. The minimum absolute atomic E-state index is 0.474. The topological polar surface area (TPSA) is 43.8 Å². The number of nitrogens with zero attached hydrogens (tertiary/aromatic N) is 2. The van der Waals surface area contributed by atoms with Crippen LogP contribution in [0.3, 0.4) is 0 Å². The molecule has 0 radical (unpaired) electrons. The number of fused-ring (bicyclic) bond motifs is 1. The summed E-state index contributed by atoms with van der Waals surface area (Å²) in [4.78, 5) is 0. The Bertz CT molecular complexity index is 696. The first kappa shape index (κ1) is 11.9. The van der Waals surface area contributed by atoms with Crippen LogP contribution >= 0.6 is 0 Å². The Hall–Kier alpha value is -2.13. The Balaban J connectivity index is 2.03. The average Bonchev–Trinajstić information content (AvgIpc) is 2.80. The van der Waals surface area contributed by atoms with E-state index < -0.39 is 0 Å². The highest BCUT2D eigenvalue weighted by Crippen LogP contribution is 2.19. The zero-order valence-electron chi connectivity index (χ0n) is 11.0. The number of rotatable bonds is 3. The lowest BCUT2D eigenvalue weighted by Crippen LogP contribution is -2.04. The van der Waals surface area contributed by atoms with Crippen molar-refractivity contribution >= 4 is 10.9 Å². The Morgan fingerprint density at radius 2 is 1.79 bits per heavy atom. The Morgan fingerprint density at radius 3 is 2.53 bits per heavy atom. The van der Waals surface area contributed by atoms with Crippen molar-refractivity contribution in [3.63, 3.8) is 0 Å². The SMILES string of the molecule is Cc1ccc(Cn2nc(CN)c3ccccc32)cc1. The lowest BCUT2D eigenvalue weighted by Gasteiger charge is -2.04. The number of aryl methyl sites for hydroxylation is 1. The molecule has 0 spiro atoms. The molecule has 0 unspecified atom stereocenters. The molecule has 0 bridgehead atoms. The molecule has 2 aromatic carbocycles. The first-order chi connectivity index (χ1) is 9.28. The van der Waals surface area contributed by atoms with Gasteiger partial charge in [-0.25, -0.2) is 0 Å². The minimum atomic E-state index is 0.474. The van der Waals surface area contributed by atoms with Gasteiger partial charge in [-0.1, -0.05) is 48.0 Å². The van der Waals surface area contributed by atoms with Crippen molar-refractivity contribution in [2.24, 2.45) is 5.73 Å². The molecule has 3 aromatic rings. The van der Waals surface area contributed by atoms with E-state index in [-0.39, 0.29) is 0 Å². The fraction of sp³-hybridized carbons (Fsp3) is 0.188. The maximum atomic E-state index is 5.77. The second-order valence-corrected chi connectivity index (χ2v) is 4.81. The van der Waals surface area contributed by atoms with Crippen LogP contribution in [0.15, 0.2) is 48.5 Å². The van der Waals surface area contributed by atoms with Crippen LogP contribution in [-0.4, -0.2) is 9.78 Å². The molecule has 3 heteroatoms. The normalized spacial score (nSPS) is 11.1. The fourth-order valence-corrected chi connectivity index (χ4v) is 2.33. The van der Waals surface area contributed by atoms with Gasteiger partial charge in [0, 0.05) is 11.9 Å². The molecule has 0 saturated carbocycles. The average molecular weight is 251 g/mol. The summed E-state index contributed by atoms with van der Waals surface area (Å²) < 4.78 is 2.03. The van der Waals surface area contributed by atoms with Gasteiger partial charge in [-0.05, 0) is 18.6 Å². The van der Waals surface area contributed by atoms with E-state index >= 15 is 0 Å². The van der Waals surface area contributed by atoms with Crippen molar-refractivity contribution < 1.29 is 0 Å². The van der Waals surface area contributed by atoms with E-state index in [9.17, 15) is 0 Å². The van der Waals surface area contributed by atoms with E-state index in [1.807, 2.05) is 16.8 Å². The second-order valence-electron chi connectivity index (χ2n) is 4.81. The fourth-order valence-electron chi connectivity index (χ4n) is 2.33. The quantitative estimate of drug-likeness (QED) is 0.778. The summed E-state index contributed by atoms with van der Waals surface area (Å²) in [5.41, 5.74) is 10.4. The van der Waals surface area contributed by atoms with E-state index in [1.54, 1.807) is 0 Å². The van der Waals surface area contributed by atoms with Gasteiger partial charge < -0.3 is 5.73 Å². The van der Waals surface area contributed by atoms with Gasteiger partial charge in [0.2, 0.25) is 0 Å². The zero-order valence-corrected chi connectivity index (χ0v) is 11.0. The molecular formula is C16H17N3. The number of benzene rings is 2. The van der Waals surface area contributed by atoms with Crippen molar-refractivity contribution in [1.82, 2.24) is 9.78 Å². The summed E-state index contributed by atoms with van der Waals surface area (Å²) in [7, 11) is 0. The third-order valence-corrected chi connectivity index (χ3v) is 3.38. The van der Waals surface area contributed by atoms with E-state index in [2.05, 4.69) is 48.4 Å². The number of aromatic nitrogens is 2. The largest absolute Gasteiger partial charge is 0.325 e. The van der Waals surface area contributed by atoms with Crippen molar-refractivity contribution in [3.05, 3.63) is 65.4 Å². The summed E-state index contributed by atoms with van der Waals surface area (Å²) in [6.07, 6.45) is 0. The highest BCUT2D eigenvalue weighted by molar-refractivity contribution is 5.82. The van der Waals surface area contributed by atoms with Gasteiger partial charge in [0.15, 0.2) is 0 Å². The molecular weight excluding hydrogens is 234 g/mol. The Labute approximate surface area is 112 Å². The van der Waals surface area contributed by atoms with Crippen LogP contribution in [0, 0.1) is 6.92 Å². The Kier molecular flexibility index (Phi) is 3.05. The van der Waals surface area contributed by atoms with Gasteiger partial charge in [0.25, 0.3) is 0 Å². The highest BCUT2D eigenvalue weighted by atomic mass is 15.3. The number of para-hydroxylation sites is 1. The third kappa shape index (κ3) is 2.25. The molecule has 0 aliphatic heterocycles. The van der Waals surface area contributed by atoms with Crippen LogP contribution in [-0.2, 0) is 13.1 Å². The molecule has 0 saturated heterocycles. The standard InChI is InChI=1S/C16H17N3/c1-12-6-8-13(9-7-12)11-19-16-5-3-2-4-14(16)15(10-17)18-19/h2-9H,10-11,17H2,1H3. The highest BCUT2D eigenvalue weighted by Gasteiger charge is 2.08. The molecule has 3 nitrogen and oxygen atoms in total. The molecule has 0 atom stereocenters. The predicted octanol–water partition coefficient (Wildman–Crippen LogP) is 2.85. The number of hydrogen-bond acceptors (Lipinski definition) is 2. The molecule has 3 rings (SSSR count). The van der Waals surface area contributed by atoms with Gasteiger partial charge in [-0.2, -0.15) is 5.10 Å². The zero-order chi connectivity index (χ0) is 13.2. The van der Waals surface area contributed by atoms with Crippen LogP contribution in [0.25, 0.3) is 10.9 Å². The summed E-state index contributed by atoms with van der Waals surface area (Å²) in [6, 6.07) is 16.8. The van der Waals surface area contributed by atoms with E-state index in [4.69, 9.17) is 5.73 Å². The monoisotopic (exact) mass is 251 g/mol. The molecule has 0 fully saturated rings. The van der Waals surface area contributed by atoms with Crippen LogP contribution in [0.5, 0.6) is 0 Å². The molecule has 2 N–H and O–H groups in total. The summed E-state index contributed by atoms with van der Waals surface area (Å²) in [5.74, 6) is 0. The van der Waals surface area contributed by atoms with Gasteiger partial charge in [0.05, 0.1) is 17.8 Å². The maximum Gasteiger partial charge on any atom is 0.0839 e. The lowest BCUT2D eigenvalue weighted by atomic mass is 10.1. The molecule has 0 aliphatic carbocycles. The van der Waals surface area contributed by atoms with Gasteiger partial charge >= 0.3 is 0 Å². The lowest BCUT2D eigenvalue weighted by molar-refractivity contribution is 0.693. The summed E-state index contributed by atoms with van der Waals surface area (Å²) in [5, 5.41) is 5.77. The van der Waals surface area contributed by atoms with E-state index in [0.717, 1.165) is 23.1 Å². The van der Waals surface area contributed by atoms with Crippen molar-refractivity contribution in [2.45, 2.75) is 20.0 Å². The van der Waals surface area contributed by atoms with E-state index in [0.29, 0.717) is 6.54 Å². The second kappa shape index (κ2) is 4.86. The van der Waals surface area contributed by atoms with Gasteiger partial charge in [-0.3, -0.25) is 4.68 Å². The molecule has 96 valence electrons. The number of hydrogen-bond donors (Lipinski definition) is 1. The van der Waals surface area contributed by atoms with Crippen molar-refractivity contribution in [1.29, 1.82) is 0 Å². The first-order valence-corrected chi connectivity index (χ1v) is 6.48. The van der Waals surface area contributed by atoms with Crippen LogP contribution in [0.1, 0.15) is 16.8 Å². The number of nitrogens with two attached hydrogens (primary N) is 1. The van der Waals surface area contributed by atoms with E-state index in [1.165, 1.54) is 11.1 Å². The van der Waals surface area contributed by atoms with Crippen LogP contribution in [0.2, 0.25) is 0 Å². The maximum absolute atomic E-state index is 5.77. The smallest absolute Gasteiger partial charge is 0.0839 e. The van der Waals surface area contributed by atoms with Gasteiger partial charge in [-0.15, -0.1) is 0 Å². The molecule has 1 heterocycles.